The normalized spacial score (nSPS) is 12.1. The first-order valence-corrected chi connectivity index (χ1v) is 8.41. The molecule has 3 aromatic rings. The predicted molar refractivity (Wildman–Crippen MR) is 109 cm³/mol. The molecule has 4 nitrogen and oxygen atoms in total. The van der Waals surface area contributed by atoms with Gasteiger partial charge < -0.3 is 10.1 Å². The van der Waals surface area contributed by atoms with Crippen LogP contribution in [0.15, 0.2) is 89.9 Å². The third-order valence-corrected chi connectivity index (χ3v) is 3.94. The van der Waals surface area contributed by atoms with Gasteiger partial charge in [-0.25, -0.2) is 4.99 Å². The molecule has 0 saturated carbocycles. The van der Waals surface area contributed by atoms with E-state index in [9.17, 15) is 5.21 Å². The fraction of sp³-hybridized carbons (Fsp3) is 0.0909. The lowest BCUT2D eigenvalue weighted by molar-refractivity contribution is -0.353. The maximum absolute atomic E-state index is 12.5. The molecule has 130 valence electrons. The van der Waals surface area contributed by atoms with E-state index in [1.165, 1.54) is 6.21 Å². The summed E-state index contributed by atoms with van der Waals surface area (Å²) in [5.41, 5.74) is 3.97. The van der Waals surface area contributed by atoms with Gasteiger partial charge in [0.1, 0.15) is 5.71 Å². The second kappa shape index (κ2) is 8.12. The first-order valence-electron chi connectivity index (χ1n) is 8.41. The molecule has 0 aliphatic heterocycles. The molecule has 0 saturated heterocycles. The largest absolute Gasteiger partial charge is 0.618 e. The van der Waals surface area contributed by atoms with Crippen molar-refractivity contribution in [2.24, 2.45) is 4.99 Å². The average molecular weight is 343 g/mol. The van der Waals surface area contributed by atoms with Crippen molar-refractivity contribution in [2.45, 2.75) is 0 Å². The van der Waals surface area contributed by atoms with Crippen molar-refractivity contribution in [3.63, 3.8) is 0 Å². The SMILES string of the molecule is CN(C)c1ccc(N=C(/C=[N+](\[O-])c2ccccc2)c2ccccc2)cc1. The van der Waals surface area contributed by atoms with Crippen molar-refractivity contribution < 1.29 is 4.74 Å². The van der Waals surface area contributed by atoms with Crippen molar-refractivity contribution in [3.8, 4) is 0 Å². The zero-order valence-electron chi connectivity index (χ0n) is 14.9. The lowest BCUT2D eigenvalue weighted by Crippen LogP contribution is -2.10. The second-order valence-corrected chi connectivity index (χ2v) is 6.06. The van der Waals surface area contributed by atoms with E-state index in [0.29, 0.717) is 11.4 Å². The van der Waals surface area contributed by atoms with Crippen LogP contribution in [-0.2, 0) is 0 Å². The molecule has 3 aromatic carbocycles. The topological polar surface area (TPSA) is 41.7 Å². The molecule has 26 heavy (non-hydrogen) atoms. The lowest BCUT2D eigenvalue weighted by atomic mass is 10.1. The molecule has 0 aliphatic carbocycles. The Morgan fingerprint density at radius 2 is 1.42 bits per heavy atom. The third-order valence-electron chi connectivity index (χ3n) is 3.94. The number of nitrogens with zero attached hydrogens (tertiary/aromatic N) is 3. The number of hydrogen-bond acceptors (Lipinski definition) is 3. The third kappa shape index (κ3) is 4.36. The zero-order chi connectivity index (χ0) is 18.4. The summed E-state index contributed by atoms with van der Waals surface area (Å²) in [6.07, 6.45) is 1.52. The molecule has 0 heterocycles. The Balaban J connectivity index is 2.01. The van der Waals surface area contributed by atoms with Gasteiger partial charge in [-0.2, -0.15) is 4.74 Å². The Kier molecular flexibility index (Phi) is 5.44. The molecular formula is C22H21N3O. The summed E-state index contributed by atoms with van der Waals surface area (Å²) in [6.45, 7) is 0. The van der Waals surface area contributed by atoms with E-state index in [0.717, 1.165) is 21.7 Å². The zero-order valence-corrected chi connectivity index (χ0v) is 14.9. The van der Waals surface area contributed by atoms with E-state index >= 15 is 0 Å². The molecule has 0 aromatic heterocycles. The Bertz CT molecular complexity index is 899. The number of para-hydroxylation sites is 1. The van der Waals surface area contributed by atoms with E-state index in [-0.39, 0.29) is 0 Å². The molecule has 0 atom stereocenters. The van der Waals surface area contributed by atoms with E-state index in [1.54, 1.807) is 12.1 Å². The van der Waals surface area contributed by atoms with E-state index in [2.05, 4.69) is 0 Å². The Morgan fingerprint density at radius 3 is 2.00 bits per heavy atom. The number of aliphatic imine (C=N–C) groups is 1. The highest BCUT2D eigenvalue weighted by molar-refractivity contribution is 6.37. The summed E-state index contributed by atoms with van der Waals surface area (Å²) in [6, 6.07) is 26.7. The first kappa shape index (κ1) is 17.4. The molecule has 3 rings (SSSR count). The minimum Gasteiger partial charge on any atom is -0.618 e. The molecule has 0 unspecified atom stereocenters. The van der Waals surface area contributed by atoms with Gasteiger partial charge in [-0.15, -0.1) is 0 Å². The van der Waals surface area contributed by atoms with Crippen LogP contribution in [0, 0.1) is 5.21 Å². The molecule has 0 aliphatic rings. The highest BCUT2D eigenvalue weighted by Gasteiger charge is 2.08. The van der Waals surface area contributed by atoms with Crippen LogP contribution in [0.3, 0.4) is 0 Å². The monoisotopic (exact) mass is 343 g/mol. The Hall–Kier alpha value is -3.40. The quantitative estimate of drug-likeness (QED) is 0.289. The minimum absolute atomic E-state index is 0.569. The van der Waals surface area contributed by atoms with Crippen LogP contribution in [0.1, 0.15) is 5.56 Å². The van der Waals surface area contributed by atoms with Gasteiger partial charge >= 0.3 is 0 Å². The molecule has 4 heteroatoms. The average Bonchev–Trinajstić information content (AvgIpc) is 2.69. The molecule has 0 spiro atoms. The van der Waals surface area contributed by atoms with Crippen LogP contribution in [-0.4, -0.2) is 30.8 Å². The van der Waals surface area contributed by atoms with Crippen LogP contribution < -0.4 is 4.90 Å². The fourth-order valence-corrected chi connectivity index (χ4v) is 2.50. The van der Waals surface area contributed by atoms with Gasteiger partial charge in [0, 0.05) is 37.5 Å². The van der Waals surface area contributed by atoms with Crippen molar-refractivity contribution in [2.75, 3.05) is 19.0 Å². The smallest absolute Gasteiger partial charge is 0.216 e. The highest BCUT2D eigenvalue weighted by atomic mass is 16.5. The Labute approximate surface area is 154 Å². The molecule has 0 bridgehead atoms. The standard InChI is InChI=1S/C22H21N3O/c1-24(2)20-15-13-19(14-16-20)23-22(18-9-5-3-6-10-18)17-25(26)21-11-7-4-8-12-21/h3-17H,1-2H3/b23-22?,25-17-. The van der Waals surface area contributed by atoms with Crippen molar-refractivity contribution in [1.82, 2.24) is 0 Å². The van der Waals surface area contributed by atoms with Gasteiger partial charge in [-0.1, -0.05) is 48.5 Å². The summed E-state index contributed by atoms with van der Waals surface area (Å²) < 4.78 is 0.847. The summed E-state index contributed by atoms with van der Waals surface area (Å²) >= 11 is 0. The van der Waals surface area contributed by atoms with Gasteiger partial charge in [-0.3, -0.25) is 0 Å². The molecule has 0 fully saturated rings. The summed E-state index contributed by atoms with van der Waals surface area (Å²) in [7, 11) is 3.99. The maximum atomic E-state index is 12.5. The number of hydrogen-bond donors (Lipinski definition) is 0. The van der Waals surface area contributed by atoms with Crippen LogP contribution in [0.2, 0.25) is 0 Å². The number of benzene rings is 3. The summed E-state index contributed by atoms with van der Waals surface area (Å²) in [5.74, 6) is 0. The van der Waals surface area contributed by atoms with E-state index < -0.39 is 0 Å². The fourth-order valence-electron chi connectivity index (χ4n) is 2.50. The maximum Gasteiger partial charge on any atom is 0.216 e. The van der Waals surface area contributed by atoms with Gasteiger partial charge in [0.2, 0.25) is 11.9 Å². The van der Waals surface area contributed by atoms with E-state index in [1.807, 2.05) is 91.8 Å². The second-order valence-electron chi connectivity index (χ2n) is 6.06. The van der Waals surface area contributed by atoms with Crippen molar-refractivity contribution in [1.29, 1.82) is 0 Å². The van der Waals surface area contributed by atoms with Crippen molar-refractivity contribution in [3.05, 3.63) is 95.7 Å². The number of anilines is 1. The highest BCUT2D eigenvalue weighted by Crippen LogP contribution is 2.19. The van der Waals surface area contributed by atoms with Crippen molar-refractivity contribution >= 4 is 29.0 Å². The minimum atomic E-state index is 0.569. The summed E-state index contributed by atoms with van der Waals surface area (Å²) in [4.78, 5) is 6.73. The number of rotatable bonds is 5. The van der Waals surface area contributed by atoms with Gasteiger partial charge in [0.25, 0.3) is 0 Å². The molecule has 0 N–H and O–H groups in total. The van der Waals surface area contributed by atoms with Crippen LogP contribution in [0.5, 0.6) is 0 Å². The van der Waals surface area contributed by atoms with Gasteiger partial charge in [-0.05, 0) is 24.3 Å². The van der Waals surface area contributed by atoms with Crippen LogP contribution >= 0.6 is 0 Å². The summed E-state index contributed by atoms with van der Waals surface area (Å²) in [5, 5.41) is 12.5. The Morgan fingerprint density at radius 1 is 0.846 bits per heavy atom. The first-order chi connectivity index (χ1) is 12.6. The lowest BCUT2D eigenvalue weighted by Gasteiger charge is -2.12. The van der Waals surface area contributed by atoms with Gasteiger partial charge in [0.05, 0.1) is 5.69 Å². The van der Waals surface area contributed by atoms with E-state index in [4.69, 9.17) is 4.99 Å². The predicted octanol–water partition coefficient (Wildman–Crippen LogP) is 4.79. The molecule has 0 radical (unpaired) electrons. The van der Waals surface area contributed by atoms with Gasteiger partial charge in [0.15, 0.2) is 0 Å². The van der Waals surface area contributed by atoms with Crippen LogP contribution in [0.4, 0.5) is 17.1 Å². The molecule has 0 amide bonds. The van der Waals surface area contributed by atoms with Crippen LogP contribution in [0.25, 0.3) is 0 Å². The molecular weight excluding hydrogens is 322 g/mol.